The predicted molar refractivity (Wildman–Crippen MR) is 133 cm³/mol. The molecule has 0 aliphatic carbocycles. The van der Waals surface area contributed by atoms with Gasteiger partial charge in [-0.25, -0.2) is 40.7 Å². The number of sulfonamides is 1. The zero-order valence-electron chi connectivity index (χ0n) is 20.8. The zero-order valence-corrected chi connectivity index (χ0v) is 22.6. The van der Waals surface area contributed by atoms with E-state index in [9.17, 15) is 26.0 Å². The van der Waals surface area contributed by atoms with E-state index < -0.39 is 52.3 Å². The van der Waals surface area contributed by atoms with Crippen molar-refractivity contribution in [2.45, 2.75) is 56.2 Å². The number of piperidine rings is 1. The van der Waals surface area contributed by atoms with Crippen LogP contribution in [0.25, 0.3) is 11.0 Å². The van der Waals surface area contributed by atoms with Gasteiger partial charge in [0.25, 0.3) is 0 Å². The third kappa shape index (κ3) is 6.13. The van der Waals surface area contributed by atoms with E-state index in [-0.39, 0.29) is 18.9 Å². The highest BCUT2D eigenvalue weighted by Crippen LogP contribution is 2.28. The molecule has 0 bridgehead atoms. The Labute approximate surface area is 213 Å². The Kier molecular flexibility index (Phi) is 7.92. The summed E-state index contributed by atoms with van der Waals surface area (Å²) in [5, 5.41) is 0.815. The van der Waals surface area contributed by atoms with Gasteiger partial charge < -0.3 is 14.2 Å². The van der Waals surface area contributed by atoms with Gasteiger partial charge in [0.2, 0.25) is 10.0 Å². The molecule has 2 aromatic heterocycles. The number of halogens is 4. The second kappa shape index (κ2) is 10.7. The van der Waals surface area contributed by atoms with E-state index in [1.165, 1.54) is 6.33 Å². The molecule has 202 valence electrons. The number of anilines is 1. The topological polar surface area (TPSA) is 89.4 Å². The molecule has 4 rings (SSSR count). The standard InChI is InChI=1S/C23H29F4N5O3SSi/c1-37(2,3)11-10-35-14-32-9-6-16-22(28-13-29-23(16)32)31-7-4-15(5-8-31)30-36(33,34)21-19(26)17(24)12-18(25)20(21)27/h6,9,12-13,15,30H,4-5,7-8,10-11,14H2,1-3H3. The summed E-state index contributed by atoms with van der Waals surface area (Å²) in [5.74, 6) is -6.80. The first-order valence-electron chi connectivity index (χ1n) is 11.9. The number of hydrogen-bond donors (Lipinski definition) is 1. The molecule has 3 heterocycles. The highest BCUT2D eigenvalue weighted by Gasteiger charge is 2.33. The Morgan fingerprint density at radius 2 is 1.73 bits per heavy atom. The van der Waals surface area contributed by atoms with E-state index in [1.807, 2.05) is 21.7 Å². The number of hydrogen-bond acceptors (Lipinski definition) is 6. The molecule has 0 unspecified atom stereocenters. The van der Waals surface area contributed by atoms with E-state index in [1.54, 1.807) is 0 Å². The second-order valence-corrected chi connectivity index (χ2v) is 17.5. The van der Waals surface area contributed by atoms with Crippen LogP contribution in [0.15, 0.2) is 29.6 Å². The SMILES string of the molecule is C[Si](C)(C)CCOCn1ccc2c(N3CCC(NS(=O)(=O)c4c(F)c(F)cc(F)c4F)CC3)ncnc21. The average molecular weight is 560 g/mol. The number of aromatic nitrogens is 3. The number of benzene rings is 1. The molecule has 37 heavy (non-hydrogen) atoms. The first-order chi connectivity index (χ1) is 17.4. The number of ether oxygens (including phenoxy) is 1. The normalized spacial score (nSPS) is 15.6. The van der Waals surface area contributed by atoms with Crippen LogP contribution in [0.3, 0.4) is 0 Å². The van der Waals surface area contributed by atoms with Gasteiger partial charge in [-0.2, -0.15) is 0 Å². The van der Waals surface area contributed by atoms with Crippen molar-refractivity contribution in [1.29, 1.82) is 0 Å². The van der Waals surface area contributed by atoms with Crippen LogP contribution in [0, 0.1) is 23.3 Å². The Bertz CT molecular complexity index is 1360. The molecule has 14 heteroatoms. The van der Waals surface area contributed by atoms with E-state index in [0.29, 0.717) is 37.9 Å². The third-order valence-corrected chi connectivity index (χ3v) is 9.46. The molecule has 3 aromatic rings. The van der Waals surface area contributed by atoms with Gasteiger partial charge in [0.15, 0.2) is 28.2 Å². The van der Waals surface area contributed by atoms with Gasteiger partial charge in [-0.3, -0.25) is 0 Å². The number of rotatable bonds is 9. The number of nitrogens with one attached hydrogen (secondary N) is 1. The predicted octanol–water partition coefficient (Wildman–Crippen LogP) is 4.25. The van der Waals surface area contributed by atoms with Gasteiger partial charge in [0.05, 0.1) is 5.39 Å². The summed E-state index contributed by atoms with van der Waals surface area (Å²) in [6.45, 7) is 8.67. The van der Waals surface area contributed by atoms with Gasteiger partial charge in [-0.15, -0.1) is 0 Å². The van der Waals surface area contributed by atoms with Gasteiger partial charge in [-0.1, -0.05) is 19.6 Å². The molecule has 0 saturated carbocycles. The molecular formula is C23H29F4N5O3SSi. The highest BCUT2D eigenvalue weighted by molar-refractivity contribution is 7.89. The van der Waals surface area contributed by atoms with Crippen molar-refractivity contribution in [3.63, 3.8) is 0 Å². The molecule has 1 aromatic carbocycles. The van der Waals surface area contributed by atoms with E-state index >= 15 is 0 Å². The van der Waals surface area contributed by atoms with Crippen LogP contribution in [0.1, 0.15) is 12.8 Å². The maximum Gasteiger partial charge on any atom is 0.246 e. The van der Waals surface area contributed by atoms with Crippen LogP contribution < -0.4 is 9.62 Å². The molecule has 0 amide bonds. The van der Waals surface area contributed by atoms with Crippen molar-refractivity contribution in [3.8, 4) is 0 Å². The highest BCUT2D eigenvalue weighted by atomic mass is 32.2. The lowest BCUT2D eigenvalue weighted by Crippen LogP contribution is -2.45. The van der Waals surface area contributed by atoms with Crippen molar-refractivity contribution >= 4 is 34.9 Å². The number of fused-ring (bicyclic) bond motifs is 1. The van der Waals surface area contributed by atoms with Crippen molar-refractivity contribution in [2.75, 3.05) is 24.6 Å². The van der Waals surface area contributed by atoms with Crippen LogP contribution in [0.2, 0.25) is 25.7 Å². The summed E-state index contributed by atoms with van der Waals surface area (Å²) in [5.41, 5.74) is 0.708. The molecule has 8 nitrogen and oxygen atoms in total. The summed E-state index contributed by atoms with van der Waals surface area (Å²) in [6, 6.07) is 2.23. The molecule has 0 spiro atoms. The van der Waals surface area contributed by atoms with Crippen LogP contribution in [-0.4, -0.2) is 56.8 Å². The second-order valence-electron chi connectivity index (χ2n) is 10.2. The van der Waals surface area contributed by atoms with Gasteiger partial charge >= 0.3 is 0 Å². The molecular weight excluding hydrogens is 530 g/mol. The van der Waals surface area contributed by atoms with Crippen LogP contribution in [-0.2, 0) is 21.5 Å². The van der Waals surface area contributed by atoms with Gasteiger partial charge in [-0.05, 0) is 25.0 Å². The fourth-order valence-electron chi connectivity index (χ4n) is 4.16. The Hall–Kier alpha value is -2.55. The summed E-state index contributed by atoms with van der Waals surface area (Å²) >= 11 is 0. The molecule has 1 saturated heterocycles. The molecule has 0 atom stereocenters. The third-order valence-electron chi connectivity index (χ3n) is 6.22. The summed E-state index contributed by atoms with van der Waals surface area (Å²) in [7, 11) is -6.03. The van der Waals surface area contributed by atoms with Gasteiger partial charge in [0.1, 0.15) is 24.5 Å². The minimum atomic E-state index is -4.84. The molecule has 1 aliphatic rings. The largest absolute Gasteiger partial charge is 0.361 e. The maximum absolute atomic E-state index is 14.0. The lowest BCUT2D eigenvalue weighted by atomic mass is 10.1. The first kappa shape index (κ1) is 27.5. The van der Waals surface area contributed by atoms with Crippen LogP contribution in [0.5, 0.6) is 0 Å². The summed E-state index contributed by atoms with van der Waals surface area (Å²) in [6.07, 6.45) is 3.90. The van der Waals surface area contributed by atoms with Crippen LogP contribution >= 0.6 is 0 Å². The molecule has 0 radical (unpaired) electrons. The van der Waals surface area contributed by atoms with Gasteiger partial charge in [0, 0.05) is 46.1 Å². The lowest BCUT2D eigenvalue weighted by Gasteiger charge is -2.33. The quantitative estimate of drug-likeness (QED) is 0.183. The average Bonchev–Trinajstić information content (AvgIpc) is 3.23. The molecule has 1 N–H and O–H groups in total. The molecule has 1 aliphatic heterocycles. The number of nitrogens with zero attached hydrogens (tertiary/aromatic N) is 4. The van der Waals surface area contributed by atoms with E-state index in [0.717, 1.165) is 11.4 Å². The minimum Gasteiger partial charge on any atom is -0.361 e. The van der Waals surface area contributed by atoms with Crippen LogP contribution in [0.4, 0.5) is 23.4 Å². The van der Waals surface area contributed by atoms with Crippen molar-refractivity contribution in [3.05, 3.63) is 47.9 Å². The first-order valence-corrected chi connectivity index (χ1v) is 17.0. The Morgan fingerprint density at radius 3 is 2.35 bits per heavy atom. The zero-order chi connectivity index (χ0) is 27.0. The summed E-state index contributed by atoms with van der Waals surface area (Å²) in [4.78, 5) is 9.10. The lowest BCUT2D eigenvalue weighted by molar-refractivity contribution is 0.0899. The fraction of sp³-hybridized carbons (Fsp3) is 0.478. The maximum atomic E-state index is 14.0. The monoisotopic (exact) mass is 559 g/mol. The molecule has 1 fully saturated rings. The van der Waals surface area contributed by atoms with Crippen molar-refractivity contribution in [1.82, 2.24) is 19.3 Å². The summed E-state index contributed by atoms with van der Waals surface area (Å²) < 4.78 is 90.2. The van der Waals surface area contributed by atoms with E-state index in [2.05, 4.69) is 34.3 Å². The minimum absolute atomic E-state index is 0.0303. The smallest absolute Gasteiger partial charge is 0.246 e. The Balaban J connectivity index is 1.42. The van der Waals surface area contributed by atoms with Crippen molar-refractivity contribution < 1.29 is 30.7 Å². The van der Waals surface area contributed by atoms with Crippen molar-refractivity contribution in [2.24, 2.45) is 0 Å². The Morgan fingerprint density at radius 1 is 1.08 bits per heavy atom. The fourth-order valence-corrected chi connectivity index (χ4v) is 6.38. The van der Waals surface area contributed by atoms with E-state index in [4.69, 9.17) is 4.74 Å².